The number of rotatable bonds is 4. The third-order valence-corrected chi connectivity index (χ3v) is 7.68. The highest BCUT2D eigenvalue weighted by Crippen LogP contribution is 2.39. The quantitative estimate of drug-likeness (QED) is 0.808. The summed E-state index contributed by atoms with van der Waals surface area (Å²) in [5, 5.41) is 13.1. The molecule has 2 atom stereocenters. The third-order valence-electron chi connectivity index (χ3n) is 7.68. The maximum absolute atomic E-state index is 12.7. The Morgan fingerprint density at radius 2 is 1.73 bits per heavy atom. The summed E-state index contributed by atoms with van der Waals surface area (Å²) in [4.78, 5) is 20.2. The van der Waals surface area contributed by atoms with E-state index in [0.717, 1.165) is 56.7 Å². The minimum Gasteiger partial charge on any atom is -0.391 e. The molecule has 3 aliphatic rings. The summed E-state index contributed by atoms with van der Waals surface area (Å²) < 4.78 is 2.47. The molecule has 5 rings (SSSR count). The van der Waals surface area contributed by atoms with Crippen molar-refractivity contribution >= 4 is 22.9 Å². The number of aliphatic hydroxyl groups is 1. The van der Waals surface area contributed by atoms with Crippen LogP contribution in [0.4, 0.5) is 5.95 Å². The number of nitrogens with one attached hydrogen (secondary N) is 1. The molecule has 2 saturated carbocycles. The van der Waals surface area contributed by atoms with Crippen molar-refractivity contribution in [2.45, 2.75) is 83.4 Å². The first-order valence-corrected chi connectivity index (χ1v) is 11.7. The second-order valence-electron chi connectivity index (χ2n) is 9.67. The van der Waals surface area contributed by atoms with Gasteiger partial charge < -0.3 is 19.9 Å². The van der Waals surface area contributed by atoms with Crippen molar-refractivity contribution in [1.82, 2.24) is 14.9 Å². The number of aromatic nitrogens is 2. The molecular weight excluding hydrogens is 376 g/mol. The van der Waals surface area contributed by atoms with Gasteiger partial charge in [-0.25, -0.2) is 4.98 Å². The summed E-state index contributed by atoms with van der Waals surface area (Å²) in [5.74, 6) is 1.25. The fourth-order valence-electron chi connectivity index (χ4n) is 5.32. The van der Waals surface area contributed by atoms with E-state index in [0.29, 0.717) is 6.04 Å². The average molecular weight is 411 g/mol. The first-order valence-electron chi connectivity index (χ1n) is 11.7. The Morgan fingerprint density at radius 3 is 2.37 bits per heavy atom. The summed E-state index contributed by atoms with van der Waals surface area (Å²) in [6.07, 6.45) is 7.78. The molecule has 3 fully saturated rings. The van der Waals surface area contributed by atoms with Gasteiger partial charge in [0, 0.05) is 25.0 Å². The van der Waals surface area contributed by atoms with Gasteiger partial charge in [0.25, 0.3) is 0 Å². The van der Waals surface area contributed by atoms with Crippen molar-refractivity contribution in [2.24, 2.45) is 5.92 Å². The number of aliphatic hydroxyl groups excluding tert-OH is 1. The molecule has 2 N–H and O–H groups in total. The van der Waals surface area contributed by atoms with Crippen molar-refractivity contribution in [3.63, 3.8) is 0 Å². The van der Waals surface area contributed by atoms with Crippen LogP contribution in [0.3, 0.4) is 0 Å². The number of benzene rings is 1. The Kier molecular flexibility index (Phi) is 5.21. The molecule has 2 aromatic rings. The van der Waals surface area contributed by atoms with E-state index in [1.807, 2.05) is 0 Å². The van der Waals surface area contributed by atoms with Crippen LogP contribution in [0.2, 0.25) is 0 Å². The highest BCUT2D eigenvalue weighted by atomic mass is 16.3. The van der Waals surface area contributed by atoms with Gasteiger partial charge in [-0.3, -0.25) is 4.79 Å². The van der Waals surface area contributed by atoms with Crippen LogP contribution < -0.4 is 10.2 Å². The molecule has 1 aromatic carbocycles. The number of carbonyl (C=O) groups is 1. The Hall–Kier alpha value is -2.08. The molecule has 6 nitrogen and oxygen atoms in total. The lowest BCUT2D eigenvalue weighted by molar-refractivity contribution is -0.127. The first kappa shape index (κ1) is 19.9. The molecule has 1 aromatic heterocycles. The highest BCUT2D eigenvalue weighted by Gasteiger charge is 2.33. The van der Waals surface area contributed by atoms with Crippen LogP contribution in [0.5, 0.6) is 0 Å². The van der Waals surface area contributed by atoms with Crippen LogP contribution >= 0.6 is 0 Å². The van der Waals surface area contributed by atoms with Crippen molar-refractivity contribution in [2.75, 3.05) is 18.0 Å². The van der Waals surface area contributed by atoms with E-state index in [-0.39, 0.29) is 24.0 Å². The lowest BCUT2D eigenvalue weighted by atomic mass is 9.92. The number of hydrogen-bond acceptors (Lipinski definition) is 4. The number of fused-ring (bicyclic) bond motifs is 1. The van der Waals surface area contributed by atoms with Crippen molar-refractivity contribution in [3.8, 4) is 0 Å². The fourth-order valence-corrected chi connectivity index (χ4v) is 5.32. The van der Waals surface area contributed by atoms with E-state index in [9.17, 15) is 9.90 Å². The minimum atomic E-state index is -0.372. The summed E-state index contributed by atoms with van der Waals surface area (Å²) >= 11 is 0. The molecule has 162 valence electrons. The molecule has 30 heavy (non-hydrogen) atoms. The molecule has 0 bridgehead atoms. The van der Waals surface area contributed by atoms with Crippen LogP contribution in [0.15, 0.2) is 12.1 Å². The number of piperidine rings is 1. The minimum absolute atomic E-state index is 0.0417. The van der Waals surface area contributed by atoms with Gasteiger partial charge in [0.05, 0.1) is 23.2 Å². The summed E-state index contributed by atoms with van der Waals surface area (Å²) in [7, 11) is 0. The molecule has 0 radical (unpaired) electrons. The van der Waals surface area contributed by atoms with Crippen LogP contribution in [0.25, 0.3) is 11.0 Å². The summed E-state index contributed by atoms with van der Waals surface area (Å²) in [6.45, 7) is 6.05. The molecule has 2 aliphatic carbocycles. The molecule has 2 heterocycles. The largest absolute Gasteiger partial charge is 0.391 e. The average Bonchev–Trinajstić information content (AvgIpc) is 3.25. The third kappa shape index (κ3) is 3.49. The van der Waals surface area contributed by atoms with Crippen LogP contribution in [0.1, 0.15) is 68.5 Å². The lowest BCUT2D eigenvalue weighted by Crippen LogP contribution is -2.46. The van der Waals surface area contributed by atoms with E-state index in [1.165, 1.54) is 35.9 Å². The molecule has 6 heteroatoms. The Labute approximate surface area is 178 Å². The highest BCUT2D eigenvalue weighted by molar-refractivity contribution is 5.82. The van der Waals surface area contributed by atoms with Gasteiger partial charge in [-0.2, -0.15) is 0 Å². The second-order valence-corrected chi connectivity index (χ2v) is 9.67. The van der Waals surface area contributed by atoms with E-state index < -0.39 is 0 Å². The number of hydrogen-bond donors (Lipinski definition) is 2. The maximum atomic E-state index is 12.7. The maximum Gasteiger partial charge on any atom is 0.223 e. The zero-order valence-electron chi connectivity index (χ0n) is 18.2. The van der Waals surface area contributed by atoms with Crippen LogP contribution in [-0.2, 0) is 4.79 Å². The molecule has 1 amide bonds. The summed E-state index contributed by atoms with van der Waals surface area (Å²) in [6, 6.07) is 5.02. The fraction of sp³-hybridized carbons (Fsp3) is 0.667. The van der Waals surface area contributed by atoms with Gasteiger partial charge in [0.2, 0.25) is 11.9 Å². The van der Waals surface area contributed by atoms with Gasteiger partial charge in [0.1, 0.15) is 0 Å². The lowest BCUT2D eigenvalue weighted by Gasteiger charge is -2.36. The predicted molar refractivity (Wildman–Crippen MR) is 119 cm³/mol. The van der Waals surface area contributed by atoms with Crippen molar-refractivity contribution in [1.29, 1.82) is 0 Å². The molecule has 1 saturated heterocycles. The van der Waals surface area contributed by atoms with Crippen molar-refractivity contribution in [3.05, 3.63) is 23.3 Å². The normalized spacial score (nSPS) is 25.6. The number of imidazole rings is 1. The predicted octanol–water partition coefficient (Wildman–Crippen LogP) is 3.62. The monoisotopic (exact) mass is 410 g/mol. The molecule has 1 unspecified atom stereocenters. The SMILES string of the molecule is Cc1cc2nc(N3CCC(C(=O)NC4CCC[C@@H]4O)CC3)n(C3CCC3)c2cc1C. The van der Waals surface area contributed by atoms with Gasteiger partial charge in [-0.1, -0.05) is 0 Å². The topological polar surface area (TPSA) is 70.4 Å². The Bertz CT molecular complexity index is 940. The van der Waals surface area contributed by atoms with Crippen LogP contribution in [0, 0.1) is 19.8 Å². The van der Waals surface area contributed by atoms with E-state index in [1.54, 1.807) is 0 Å². The van der Waals surface area contributed by atoms with E-state index in [2.05, 4.69) is 40.8 Å². The number of nitrogens with zero attached hydrogens (tertiary/aromatic N) is 3. The molecule has 1 aliphatic heterocycles. The Morgan fingerprint density at radius 1 is 1.03 bits per heavy atom. The number of anilines is 1. The first-order chi connectivity index (χ1) is 14.5. The number of carbonyl (C=O) groups excluding carboxylic acids is 1. The molecular formula is C24H34N4O2. The van der Waals surface area contributed by atoms with Crippen molar-refractivity contribution < 1.29 is 9.90 Å². The van der Waals surface area contributed by atoms with Gasteiger partial charge in [-0.05, 0) is 88.5 Å². The Balaban J connectivity index is 1.32. The smallest absolute Gasteiger partial charge is 0.223 e. The zero-order chi connectivity index (χ0) is 20.8. The van der Waals surface area contributed by atoms with E-state index >= 15 is 0 Å². The number of aryl methyl sites for hydroxylation is 2. The second kappa shape index (κ2) is 7.88. The summed E-state index contributed by atoms with van der Waals surface area (Å²) in [5.41, 5.74) is 4.96. The van der Waals surface area contributed by atoms with Gasteiger partial charge in [-0.15, -0.1) is 0 Å². The van der Waals surface area contributed by atoms with Crippen LogP contribution in [-0.4, -0.2) is 45.8 Å². The van der Waals surface area contributed by atoms with E-state index in [4.69, 9.17) is 4.98 Å². The number of amides is 1. The zero-order valence-corrected chi connectivity index (χ0v) is 18.2. The van der Waals surface area contributed by atoms with Gasteiger partial charge in [0.15, 0.2) is 0 Å². The van der Waals surface area contributed by atoms with Gasteiger partial charge >= 0.3 is 0 Å². The molecule has 0 spiro atoms. The standard InChI is InChI=1S/C24H34N4O2/c1-15-13-20-21(14-16(15)2)28(18-5-3-6-18)24(26-20)27-11-9-17(10-12-27)23(30)25-19-7-4-8-22(19)29/h13-14,17-19,22,29H,3-12H2,1-2H3,(H,25,30)/t19?,22-/m0/s1.